The van der Waals surface area contributed by atoms with E-state index in [2.05, 4.69) is 19.3 Å². The highest BCUT2D eigenvalue weighted by atomic mass is 32.1. The number of hydrogen-bond donors (Lipinski definition) is 1. The van der Waals surface area contributed by atoms with Gasteiger partial charge in [-0.25, -0.2) is 4.98 Å². The van der Waals surface area contributed by atoms with E-state index < -0.39 is 0 Å². The van der Waals surface area contributed by atoms with Crippen LogP contribution in [0.25, 0.3) is 0 Å². The fourth-order valence-electron chi connectivity index (χ4n) is 4.06. The summed E-state index contributed by atoms with van der Waals surface area (Å²) in [5.74, 6) is 0.763. The van der Waals surface area contributed by atoms with Crippen molar-refractivity contribution in [3.63, 3.8) is 0 Å². The third-order valence-corrected chi connectivity index (χ3v) is 6.57. The van der Waals surface area contributed by atoms with Crippen LogP contribution >= 0.6 is 11.3 Å². The Morgan fingerprint density at radius 2 is 2.11 bits per heavy atom. The topological polar surface area (TPSA) is 24.9 Å². The molecule has 2 aliphatic rings. The van der Waals surface area contributed by atoms with E-state index in [1.165, 1.54) is 68.5 Å². The summed E-state index contributed by atoms with van der Waals surface area (Å²) < 4.78 is 0. The Balaban J connectivity index is 1.98. The number of fused-ring (bicyclic) bond motifs is 1. The lowest BCUT2D eigenvalue weighted by Crippen LogP contribution is -2.48. The van der Waals surface area contributed by atoms with E-state index in [-0.39, 0.29) is 5.54 Å². The number of nitrogens with zero attached hydrogens (tertiary/aromatic N) is 1. The van der Waals surface area contributed by atoms with Gasteiger partial charge in [0.2, 0.25) is 0 Å². The quantitative estimate of drug-likeness (QED) is 0.902. The Morgan fingerprint density at radius 3 is 2.84 bits per heavy atom. The van der Waals surface area contributed by atoms with Gasteiger partial charge in [-0.15, -0.1) is 11.3 Å². The summed E-state index contributed by atoms with van der Waals surface area (Å²) in [4.78, 5) is 6.65. The molecule has 2 nitrogen and oxygen atoms in total. The molecule has 0 radical (unpaired) electrons. The van der Waals surface area contributed by atoms with Crippen LogP contribution in [-0.4, -0.2) is 12.0 Å². The van der Waals surface area contributed by atoms with E-state index in [0.717, 1.165) is 5.92 Å². The van der Waals surface area contributed by atoms with Gasteiger partial charge in [-0.1, -0.05) is 26.2 Å². The first-order valence-electron chi connectivity index (χ1n) is 7.98. The molecule has 0 saturated heterocycles. The van der Waals surface area contributed by atoms with Crippen LogP contribution in [0.3, 0.4) is 0 Å². The van der Waals surface area contributed by atoms with Crippen LogP contribution in [0.2, 0.25) is 0 Å². The Kier molecular flexibility index (Phi) is 3.95. The van der Waals surface area contributed by atoms with Gasteiger partial charge in [-0.2, -0.15) is 0 Å². The summed E-state index contributed by atoms with van der Waals surface area (Å²) in [5, 5.41) is 5.09. The number of hydrogen-bond acceptors (Lipinski definition) is 3. The van der Waals surface area contributed by atoms with Crippen molar-refractivity contribution in [3.8, 4) is 0 Å². The maximum absolute atomic E-state index is 5.07. The van der Waals surface area contributed by atoms with E-state index in [4.69, 9.17) is 4.98 Å². The molecule has 106 valence electrons. The van der Waals surface area contributed by atoms with Crippen molar-refractivity contribution < 1.29 is 0 Å². The molecule has 2 aliphatic carbocycles. The largest absolute Gasteiger partial charge is 0.308 e. The standard InChI is InChI=1S/C16H26N2S/c1-3-12-8-6-7-11-16(12,17-2)15-18-13-9-4-5-10-14(13)19-15/h12,17H,3-11H2,1-2H3. The summed E-state index contributed by atoms with van der Waals surface area (Å²) >= 11 is 2.01. The van der Waals surface area contributed by atoms with Crippen molar-refractivity contribution in [2.75, 3.05) is 7.05 Å². The van der Waals surface area contributed by atoms with E-state index in [1.54, 1.807) is 4.88 Å². The fourth-order valence-corrected chi connectivity index (χ4v) is 5.51. The SMILES string of the molecule is CCC1CCCCC1(NC)c1nc2c(s1)CCCC2. The first kappa shape index (κ1) is 13.6. The smallest absolute Gasteiger partial charge is 0.114 e. The second kappa shape index (κ2) is 5.53. The molecule has 0 aliphatic heterocycles. The van der Waals surface area contributed by atoms with Crippen LogP contribution < -0.4 is 5.32 Å². The zero-order valence-electron chi connectivity index (χ0n) is 12.3. The summed E-state index contributed by atoms with van der Waals surface area (Å²) in [6, 6.07) is 0. The summed E-state index contributed by atoms with van der Waals surface area (Å²) in [6.07, 6.45) is 11.8. The highest BCUT2D eigenvalue weighted by Gasteiger charge is 2.42. The van der Waals surface area contributed by atoms with Crippen LogP contribution in [-0.2, 0) is 18.4 Å². The van der Waals surface area contributed by atoms with Crippen molar-refractivity contribution in [1.29, 1.82) is 0 Å². The third-order valence-electron chi connectivity index (χ3n) is 5.24. The molecule has 0 spiro atoms. The molecule has 1 fully saturated rings. The summed E-state index contributed by atoms with van der Waals surface area (Å²) in [5.41, 5.74) is 1.59. The molecule has 19 heavy (non-hydrogen) atoms. The molecule has 1 aromatic heterocycles. The van der Waals surface area contributed by atoms with E-state index >= 15 is 0 Å². The highest BCUT2D eigenvalue weighted by molar-refractivity contribution is 7.11. The first-order valence-corrected chi connectivity index (χ1v) is 8.79. The normalized spacial score (nSPS) is 31.2. The Morgan fingerprint density at radius 1 is 1.26 bits per heavy atom. The molecule has 0 amide bonds. The van der Waals surface area contributed by atoms with Crippen molar-refractivity contribution in [2.24, 2.45) is 5.92 Å². The molecule has 3 heteroatoms. The van der Waals surface area contributed by atoms with Gasteiger partial charge in [0.1, 0.15) is 5.01 Å². The van der Waals surface area contributed by atoms with Gasteiger partial charge in [-0.05, 0) is 51.5 Å². The molecule has 1 saturated carbocycles. The molecule has 2 atom stereocenters. The average molecular weight is 278 g/mol. The van der Waals surface area contributed by atoms with E-state index in [1.807, 2.05) is 11.3 Å². The van der Waals surface area contributed by atoms with Crippen LogP contribution in [0, 0.1) is 5.92 Å². The number of rotatable bonds is 3. The molecule has 2 unspecified atom stereocenters. The van der Waals surface area contributed by atoms with Gasteiger partial charge in [0.05, 0.1) is 11.2 Å². The van der Waals surface area contributed by atoms with Gasteiger partial charge in [0, 0.05) is 4.88 Å². The van der Waals surface area contributed by atoms with Crippen LogP contribution in [0.5, 0.6) is 0 Å². The molecular weight excluding hydrogens is 252 g/mol. The Labute approximate surface area is 121 Å². The van der Waals surface area contributed by atoms with Gasteiger partial charge in [-0.3, -0.25) is 0 Å². The minimum Gasteiger partial charge on any atom is -0.308 e. The van der Waals surface area contributed by atoms with Crippen LogP contribution in [0.4, 0.5) is 0 Å². The van der Waals surface area contributed by atoms with Crippen LogP contribution in [0.15, 0.2) is 0 Å². The molecular formula is C16H26N2S. The highest BCUT2D eigenvalue weighted by Crippen LogP contribution is 2.45. The summed E-state index contributed by atoms with van der Waals surface area (Å²) in [6.45, 7) is 2.34. The Bertz CT molecular complexity index is 416. The van der Waals surface area contributed by atoms with Crippen LogP contribution in [0.1, 0.15) is 67.4 Å². The zero-order chi connectivity index (χ0) is 13.3. The molecule has 0 bridgehead atoms. The maximum Gasteiger partial charge on any atom is 0.114 e. The molecule has 1 N–H and O–H groups in total. The summed E-state index contributed by atoms with van der Waals surface area (Å²) in [7, 11) is 2.15. The van der Waals surface area contributed by atoms with Crippen molar-refractivity contribution in [3.05, 3.63) is 15.6 Å². The number of aryl methyl sites for hydroxylation is 2. The van der Waals surface area contributed by atoms with E-state index in [9.17, 15) is 0 Å². The lowest BCUT2D eigenvalue weighted by atomic mass is 9.72. The maximum atomic E-state index is 5.07. The van der Waals surface area contributed by atoms with Gasteiger partial charge in [0.25, 0.3) is 0 Å². The first-order chi connectivity index (χ1) is 9.30. The second-order valence-corrected chi connectivity index (χ2v) is 7.25. The monoisotopic (exact) mass is 278 g/mol. The molecule has 0 aromatic carbocycles. The molecule has 1 aromatic rings. The minimum atomic E-state index is 0.176. The zero-order valence-corrected chi connectivity index (χ0v) is 13.1. The fraction of sp³-hybridized carbons (Fsp3) is 0.812. The lowest BCUT2D eigenvalue weighted by molar-refractivity contribution is 0.145. The van der Waals surface area contributed by atoms with Crippen molar-refractivity contribution in [2.45, 2.75) is 70.3 Å². The van der Waals surface area contributed by atoms with Gasteiger partial charge < -0.3 is 5.32 Å². The minimum absolute atomic E-state index is 0.176. The molecule has 3 rings (SSSR count). The van der Waals surface area contributed by atoms with Gasteiger partial charge in [0.15, 0.2) is 0 Å². The number of thiazole rings is 1. The second-order valence-electron chi connectivity index (χ2n) is 6.17. The molecule has 1 heterocycles. The number of aromatic nitrogens is 1. The van der Waals surface area contributed by atoms with Crippen molar-refractivity contribution >= 4 is 11.3 Å². The predicted molar refractivity (Wildman–Crippen MR) is 81.7 cm³/mol. The predicted octanol–water partition coefficient (Wildman–Crippen LogP) is 4.04. The average Bonchev–Trinajstić information content (AvgIpc) is 2.91. The van der Waals surface area contributed by atoms with Gasteiger partial charge >= 0.3 is 0 Å². The lowest BCUT2D eigenvalue weighted by Gasteiger charge is -2.42. The van der Waals surface area contributed by atoms with Crippen molar-refractivity contribution in [1.82, 2.24) is 10.3 Å². The third kappa shape index (κ3) is 2.25. The van der Waals surface area contributed by atoms with E-state index in [0.29, 0.717) is 0 Å². The Hall–Kier alpha value is -0.410. The number of nitrogens with one attached hydrogen (secondary N) is 1.